The Morgan fingerprint density at radius 3 is 2.10 bits per heavy atom. The first-order chi connectivity index (χ1) is 20.1. The topological polar surface area (TPSA) is 109 Å². The number of unbranched alkanes of at least 4 members (excludes halogenated alkanes) is 14. The summed E-state index contributed by atoms with van der Waals surface area (Å²) in [7, 11) is 0. The van der Waals surface area contributed by atoms with Crippen molar-refractivity contribution in [3.8, 4) is 11.8 Å². The number of aromatic nitrogens is 2. The predicted molar refractivity (Wildman–Crippen MR) is 164 cm³/mol. The Hall–Kier alpha value is -2.23. The van der Waals surface area contributed by atoms with E-state index in [0.29, 0.717) is 24.1 Å². The number of alkyl carbamates (subject to hydrolysis) is 1. The number of carbonyl (C=O) groups excluding carboxylic acids is 1. The summed E-state index contributed by atoms with van der Waals surface area (Å²) in [6.07, 6.45) is 20.0. The number of carbonyl (C=O) groups is 1. The third-order valence-electron chi connectivity index (χ3n) is 6.85. The van der Waals surface area contributed by atoms with Gasteiger partial charge in [0.1, 0.15) is 24.7 Å². The van der Waals surface area contributed by atoms with Crippen LogP contribution >= 0.6 is 15.9 Å². The van der Waals surface area contributed by atoms with Gasteiger partial charge in [-0.25, -0.2) is 4.79 Å². The molecule has 0 aliphatic heterocycles. The molecule has 2 rings (SSSR count). The molecule has 10 heteroatoms. The Morgan fingerprint density at radius 2 is 1.46 bits per heavy atom. The summed E-state index contributed by atoms with van der Waals surface area (Å²) < 4.78 is 27.5. The van der Waals surface area contributed by atoms with Gasteiger partial charge in [-0.05, 0) is 36.5 Å². The van der Waals surface area contributed by atoms with Crippen molar-refractivity contribution in [2.45, 2.75) is 129 Å². The van der Waals surface area contributed by atoms with Gasteiger partial charge < -0.3 is 28.6 Å². The van der Waals surface area contributed by atoms with Crippen LogP contribution in [-0.2, 0) is 11.2 Å². The highest BCUT2D eigenvalue weighted by molar-refractivity contribution is 9.09. The number of nitrogens with one attached hydrogen (secondary N) is 1. The number of rotatable bonds is 26. The number of amides is 1. The third-order valence-corrected chi connectivity index (χ3v) is 7.42. The van der Waals surface area contributed by atoms with Crippen LogP contribution in [0.25, 0.3) is 0 Å². The summed E-state index contributed by atoms with van der Waals surface area (Å²) in [4.78, 5) is 12.1. The van der Waals surface area contributed by atoms with E-state index >= 15 is 0 Å². The van der Waals surface area contributed by atoms with Gasteiger partial charge in [-0.3, -0.25) is 0 Å². The molecule has 1 amide bonds. The molecule has 0 fully saturated rings. The van der Waals surface area contributed by atoms with Gasteiger partial charge in [0.15, 0.2) is 6.10 Å². The fourth-order valence-corrected chi connectivity index (χ4v) is 4.86. The summed E-state index contributed by atoms with van der Waals surface area (Å²) in [6, 6.07) is 3.49. The number of nitrogens with zero attached hydrogens (tertiary/aromatic N) is 2. The van der Waals surface area contributed by atoms with Crippen LogP contribution in [0.3, 0.4) is 0 Å². The van der Waals surface area contributed by atoms with Crippen LogP contribution in [0.2, 0.25) is 0 Å². The first-order valence-electron chi connectivity index (χ1n) is 15.8. The highest BCUT2D eigenvalue weighted by Gasteiger charge is 2.18. The number of ether oxygens (including phenoxy) is 3. The van der Waals surface area contributed by atoms with Crippen LogP contribution in [0.15, 0.2) is 21.2 Å². The molecule has 41 heavy (non-hydrogen) atoms. The van der Waals surface area contributed by atoms with E-state index in [2.05, 4.69) is 38.5 Å². The van der Waals surface area contributed by atoms with Crippen molar-refractivity contribution < 1.29 is 28.1 Å². The van der Waals surface area contributed by atoms with Crippen LogP contribution < -0.4 is 14.8 Å². The molecule has 0 aliphatic rings. The molecule has 0 saturated carbocycles. The van der Waals surface area contributed by atoms with E-state index in [1.54, 1.807) is 13.0 Å². The Balaban J connectivity index is 1.60. The highest BCUT2D eigenvalue weighted by atomic mass is 79.9. The molecule has 9 nitrogen and oxygen atoms in total. The van der Waals surface area contributed by atoms with E-state index in [0.717, 1.165) is 43.2 Å². The molecule has 0 bridgehead atoms. The average molecular weight is 643 g/mol. The number of halogens is 1. The van der Waals surface area contributed by atoms with E-state index in [4.69, 9.17) is 23.3 Å². The minimum absolute atomic E-state index is 0.0111. The van der Waals surface area contributed by atoms with Gasteiger partial charge >= 0.3 is 6.09 Å². The van der Waals surface area contributed by atoms with Gasteiger partial charge in [-0.2, -0.15) is 0 Å². The maximum Gasteiger partial charge on any atom is 0.407 e. The van der Waals surface area contributed by atoms with Crippen molar-refractivity contribution in [1.29, 1.82) is 0 Å². The van der Waals surface area contributed by atoms with E-state index in [9.17, 15) is 4.79 Å². The first kappa shape index (κ1) is 35.0. The number of aryl methyl sites for hydroxylation is 2. The van der Waals surface area contributed by atoms with Gasteiger partial charge in [0, 0.05) is 30.4 Å². The summed E-state index contributed by atoms with van der Waals surface area (Å²) in [5, 5.41) is 11.6. The normalized spacial score (nSPS) is 11.9. The summed E-state index contributed by atoms with van der Waals surface area (Å²) in [5.74, 6) is 2.12. The van der Waals surface area contributed by atoms with Gasteiger partial charge in [0.05, 0.1) is 0 Å². The average Bonchev–Trinajstić information content (AvgIpc) is 3.60. The quantitative estimate of drug-likeness (QED) is 0.0802. The van der Waals surface area contributed by atoms with Gasteiger partial charge in [0.25, 0.3) is 11.8 Å². The van der Waals surface area contributed by atoms with Crippen LogP contribution in [-0.4, -0.2) is 47.6 Å². The fraction of sp³-hybridized carbons (Fsp3) is 0.774. The standard InChI is InChI=1S/C31H52BrN3O6/c1-3-4-5-6-7-8-9-10-11-12-13-14-16-19-27-23-29(34-41-27)37-24-28(39-30-22-26(2)40-35-30)25-38-31(36)33-21-18-15-17-20-32/h22-23,28H,3-21,24-25H2,1-2H3,(H,33,36). The van der Waals surface area contributed by atoms with Crippen LogP contribution in [0.4, 0.5) is 4.79 Å². The monoisotopic (exact) mass is 641 g/mol. The molecule has 2 heterocycles. The van der Waals surface area contributed by atoms with Crippen LogP contribution in [0.5, 0.6) is 11.8 Å². The molecule has 1 unspecified atom stereocenters. The second-order valence-corrected chi connectivity index (χ2v) is 11.5. The lowest BCUT2D eigenvalue weighted by molar-refractivity contribution is 0.0472. The molecule has 0 radical (unpaired) electrons. The second-order valence-electron chi connectivity index (χ2n) is 10.7. The van der Waals surface area contributed by atoms with E-state index in [-0.39, 0.29) is 13.2 Å². The van der Waals surface area contributed by atoms with Gasteiger partial charge in [-0.15, -0.1) is 0 Å². The molecule has 1 N–H and O–H groups in total. The SMILES string of the molecule is CCCCCCCCCCCCCCCc1cc(OCC(COC(=O)NCCCCCBr)Oc2cc(C)on2)no1. The summed E-state index contributed by atoms with van der Waals surface area (Å²) in [6.45, 7) is 4.71. The van der Waals surface area contributed by atoms with Crippen molar-refractivity contribution in [3.05, 3.63) is 23.7 Å². The van der Waals surface area contributed by atoms with Crippen molar-refractivity contribution in [1.82, 2.24) is 15.6 Å². The van der Waals surface area contributed by atoms with Crippen molar-refractivity contribution in [2.24, 2.45) is 0 Å². The van der Waals surface area contributed by atoms with E-state index in [1.807, 2.05) is 6.07 Å². The fourth-order valence-electron chi connectivity index (χ4n) is 4.47. The molecule has 0 aliphatic carbocycles. The molecule has 0 spiro atoms. The van der Waals surface area contributed by atoms with Crippen molar-refractivity contribution in [3.63, 3.8) is 0 Å². The second kappa shape index (κ2) is 23.3. The molecule has 234 valence electrons. The molecular weight excluding hydrogens is 590 g/mol. The molecule has 0 saturated heterocycles. The number of hydrogen-bond donors (Lipinski definition) is 1. The number of hydrogen-bond acceptors (Lipinski definition) is 8. The zero-order chi connectivity index (χ0) is 29.4. The Labute approximate surface area is 254 Å². The Bertz CT molecular complexity index is 906. The lowest BCUT2D eigenvalue weighted by Crippen LogP contribution is -2.34. The number of alkyl halides is 1. The van der Waals surface area contributed by atoms with Crippen molar-refractivity contribution >= 4 is 22.0 Å². The van der Waals surface area contributed by atoms with Gasteiger partial charge in [-0.1, -0.05) is 106 Å². The predicted octanol–water partition coefficient (Wildman–Crippen LogP) is 8.72. The molecule has 1 atom stereocenters. The molecule has 0 aromatic carbocycles. The smallest absolute Gasteiger partial charge is 0.407 e. The first-order valence-corrected chi connectivity index (χ1v) is 16.9. The van der Waals surface area contributed by atoms with E-state index < -0.39 is 12.2 Å². The van der Waals surface area contributed by atoms with Crippen LogP contribution in [0, 0.1) is 6.92 Å². The third kappa shape index (κ3) is 18.0. The molecule has 2 aromatic rings. The lowest BCUT2D eigenvalue weighted by Gasteiger charge is -2.17. The maximum absolute atomic E-state index is 12.1. The largest absolute Gasteiger partial charge is 0.471 e. The zero-order valence-corrected chi connectivity index (χ0v) is 26.9. The Morgan fingerprint density at radius 1 is 0.829 bits per heavy atom. The zero-order valence-electron chi connectivity index (χ0n) is 25.3. The van der Waals surface area contributed by atoms with Crippen molar-refractivity contribution in [2.75, 3.05) is 25.1 Å². The molecule has 2 aromatic heterocycles. The lowest BCUT2D eigenvalue weighted by atomic mass is 10.0. The maximum atomic E-state index is 12.1. The van der Waals surface area contributed by atoms with E-state index in [1.165, 1.54) is 77.0 Å². The minimum atomic E-state index is -0.597. The summed E-state index contributed by atoms with van der Waals surface area (Å²) in [5.41, 5.74) is 0. The summed E-state index contributed by atoms with van der Waals surface area (Å²) >= 11 is 3.41. The Kier molecular flexibility index (Phi) is 19.9. The minimum Gasteiger partial charge on any atom is -0.471 e. The van der Waals surface area contributed by atoms with Crippen LogP contribution in [0.1, 0.15) is 121 Å². The van der Waals surface area contributed by atoms with Gasteiger partial charge in [0.2, 0.25) is 0 Å². The highest BCUT2D eigenvalue weighted by Crippen LogP contribution is 2.18. The molecular formula is C31H52BrN3O6.